The van der Waals surface area contributed by atoms with Crippen molar-refractivity contribution < 1.29 is 17.9 Å². The standard InChI is InChI=1S/C17H15N3O4S/c1-24-17(21)13-6-4-7-14(12-13)25(22,23)19-15-8-2-3-9-16(15)20-11-5-10-18-20/h2-12,19H,1H3. The van der Waals surface area contributed by atoms with Crippen LogP contribution in [-0.2, 0) is 14.8 Å². The minimum Gasteiger partial charge on any atom is -0.465 e. The van der Waals surface area contributed by atoms with Crippen molar-refractivity contribution in [2.45, 2.75) is 4.90 Å². The van der Waals surface area contributed by atoms with Gasteiger partial charge in [-0.25, -0.2) is 17.9 Å². The SMILES string of the molecule is COC(=O)c1cccc(S(=O)(=O)Nc2ccccc2-n2cccn2)c1. The van der Waals surface area contributed by atoms with Crippen molar-refractivity contribution in [2.24, 2.45) is 0 Å². The van der Waals surface area contributed by atoms with E-state index in [1.807, 2.05) is 0 Å². The van der Waals surface area contributed by atoms with Crippen LogP contribution in [0.1, 0.15) is 10.4 Å². The number of aromatic nitrogens is 2. The van der Waals surface area contributed by atoms with Gasteiger partial charge in [-0.15, -0.1) is 0 Å². The molecule has 7 nitrogen and oxygen atoms in total. The van der Waals surface area contributed by atoms with Crippen LogP contribution in [0.15, 0.2) is 71.9 Å². The highest BCUT2D eigenvalue weighted by Crippen LogP contribution is 2.23. The number of esters is 1. The average Bonchev–Trinajstić information content (AvgIpc) is 3.16. The fraction of sp³-hybridized carbons (Fsp3) is 0.0588. The molecule has 0 spiro atoms. The molecule has 1 aromatic heterocycles. The Bertz CT molecular complexity index is 998. The van der Waals surface area contributed by atoms with Crippen LogP contribution >= 0.6 is 0 Å². The minimum absolute atomic E-state index is 0.0364. The summed E-state index contributed by atoms with van der Waals surface area (Å²) in [4.78, 5) is 11.6. The number of ether oxygens (including phenoxy) is 1. The van der Waals surface area contributed by atoms with Gasteiger partial charge in [-0.1, -0.05) is 18.2 Å². The maximum absolute atomic E-state index is 12.7. The molecule has 3 rings (SSSR count). The van der Waals surface area contributed by atoms with E-state index in [0.717, 1.165) is 0 Å². The Hall–Kier alpha value is -3.13. The van der Waals surface area contributed by atoms with Gasteiger partial charge >= 0.3 is 5.97 Å². The normalized spacial score (nSPS) is 11.1. The molecule has 128 valence electrons. The van der Waals surface area contributed by atoms with E-state index in [-0.39, 0.29) is 10.5 Å². The zero-order chi connectivity index (χ0) is 17.9. The molecule has 0 unspecified atom stereocenters. The van der Waals surface area contributed by atoms with Gasteiger partial charge in [-0.2, -0.15) is 5.10 Å². The van der Waals surface area contributed by atoms with Gasteiger partial charge in [0, 0.05) is 12.4 Å². The highest BCUT2D eigenvalue weighted by Gasteiger charge is 2.18. The molecule has 2 aromatic carbocycles. The average molecular weight is 357 g/mol. The number of benzene rings is 2. The number of nitrogens with zero attached hydrogens (tertiary/aromatic N) is 2. The number of rotatable bonds is 5. The summed E-state index contributed by atoms with van der Waals surface area (Å²) in [5, 5.41) is 4.12. The second-order valence-electron chi connectivity index (χ2n) is 5.09. The number of sulfonamides is 1. The number of nitrogens with one attached hydrogen (secondary N) is 1. The number of anilines is 1. The summed E-state index contributed by atoms with van der Waals surface area (Å²) < 4.78 is 34.1. The van der Waals surface area contributed by atoms with Crippen LogP contribution in [0.5, 0.6) is 0 Å². The Morgan fingerprint density at radius 1 is 1.12 bits per heavy atom. The van der Waals surface area contributed by atoms with Crippen LogP contribution in [0, 0.1) is 0 Å². The van der Waals surface area contributed by atoms with E-state index in [0.29, 0.717) is 11.4 Å². The van der Waals surface area contributed by atoms with Gasteiger partial charge < -0.3 is 4.74 Å². The summed E-state index contributed by atoms with van der Waals surface area (Å²) in [6, 6.07) is 14.3. The Labute approximate surface area is 144 Å². The molecule has 1 N–H and O–H groups in total. The summed E-state index contributed by atoms with van der Waals surface area (Å²) in [5.41, 5.74) is 1.11. The van der Waals surface area contributed by atoms with E-state index in [1.165, 1.54) is 31.4 Å². The third-order valence-electron chi connectivity index (χ3n) is 3.47. The van der Waals surface area contributed by atoms with Gasteiger partial charge in [0.25, 0.3) is 10.0 Å². The van der Waals surface area contributed by atoms with Gasteiger partial charge in [0.05, 0.1) is 28.9 Å². The predicted molar refractivity (Wildman–Crippen MR) is 92.2 cm³/mol. The third kappa shape index (κ3) is 3.53. The Balaban J connectivity index is 1.97. The first-order chi connectivity index (χ1) is 12.0. The molecule has 8 heteroatoms. The zero-order valence-electron chi connectivity index (χ0n) is 13.3. The number of hydrogen-bond donors (Lipinski definition) is 1. The number of carbonyl (C=O) groups is 1. The number of methoxy groups -OCH3 is 1. The quantitative estimate of drug-likeness (QED) is 0.709. The van der Waals surface area contributed by atoms with Crippen LogP contribution in [0.4, 0.5) is 5.69 Å². The highest BCUT2D eigenvalue weighted by atomic mass is 32.2. The summed E-state index contributed by atoms with van der Waals surface area (Å²) in [5.74, 6) is -0.603. The predicted octanol–water partition coefficient (Wildman–Crippen LogP) is 2.46. The van der Waals surface area contributed by atoms with Gasteiger partial charge in [0.1, 0.15) is 0 Å². The molecule has 1 heterocycles. The van der Waals surface area contributed by atoms with Crippen LogP contribution in [0.3, 0.4) is 0 Å². The number of carbonyl (C=O) groups excluding carboxylic acids is 1. The summed E-state index contributed by atoms with van der Waals surface area (Å²) in [6.07, 6.45) is 3.32. The van der Waals surface area contributed by atoms with Crippen molar-refractivity contribution in [3.8, 4) is 5.69 Å². The molecule has 0 fully saturated rings. The van der Waals surface area contributed by atoms with Crippen molar-refractivity contribution in [1.82, 2.24) is 9.78 Å². The van der Waals surface area contributed by atoms with Crippen molar-refractivity contribution in [3.63, 3.8) is 0 Å². The summed E-state index contributed by atoms with van der Waals surface area (Å²) >= 11 is 0. The van der Waals surface area contributed by atoms with E-state index in [4.69, 9.17) is 0 Å². The fourth-order valence-electron chi connectivity index (χ4n) is 2.28. The lowest BCUT2D eigenvalue weighted by Gasteiger charge is -2.13. The number of hydrogen-bond acceptors (Lipinski definition) is 5. The molecule has 0 atom stereocenters. The molecular weight excluding hydrogens is 342 g/mol. The van der Waals surface area contributed by atoms with Gasteiger partial charge in [0.15, 0.2) is 0 Å². The molecule has 0 aliphatic carbocycles. The van der Waals surface area contributed by atoms with Crippen LogP contribution in [-0.4, -0.2) is 31.3 Å². The lowest BCUT2D eigenvalue weighted by atomic mass is 10.2. The largest absolute Gasteiger partial charge is 0.465 e. The molecule has 3 aromatic rings. The lowest BCUT2D eigenvalue weighted by Crippen LogP contribution is -2.15. The van der Waals surface area contributed by atoms with Gasteiger partial charge in [-0.3, -0.25) is 4.72 Å². The van der Waals surface area contributed by atoms with Crippen LogP contribution in [0.25, 0.3) is 5.69 Å². The van der Waals surface area contributed by atoms with E-state index < -0.39 is 16.0 Å². The van der Waals surface area contributed by atoms with Crippen molar-refractivity contribution in [3.05, 3.63) is 72.6 Å². The maximum atomic E-state index is 12.7. The Morgan fingerprint density at radius 2 is 1.92 bits per heavy atom. The molecule has 0 aliphatic rings. The molecular formula is C17H15N3O4S. The molecule has 0 bridgehead atoms. The zero-order valence-corrected chi connectivity index (χ0v) is 14.1. The van der Waals surface area contributed by atoms with Gasteiger partial charge in [-0.05, 0) is 36.4 Å². The molecule has 0 saturated heterocycles. The van der Waals surface area contributed by atoms with Crippen molar-refractivity contribution in [2.75, 3.05) is 11.8 Å². The maximum Gasteiger partial charge on any atom is 0.337 e. The van der Waals surface area contributed by atoms with Crippen LogP contribution in [0.2, 0.25) is 0 Å². The second kappa shape index (κ2) is 6.78. The lowest BCUT2D eigenvalue weighted by molar-refractivity contribution is 0.0600. The Kier molecular flexibility index (Phi) is 4.53. The molecule has 0 aliphatic heterocycles. The monoisotopic (exact) mass is 357 g/mol. The van der Waals surface area contributed by atoms with Crippen LogP contribution < -0.4 is 4.72 Å². The topological polar surface area (TPSA) is 90.3 Å². The first-order valence-electron chi connectivity index (χ1n) is 7.31. The summed E-state index contributed by atoms with van der Waals surface area (Å²) in [6.45, 7) is 0. The first-order valence-corrected chi connectivity index (χ1v) is 8.80. The molecule has 25 heavy (non-hydrogen) atoms. The Morgan fingerprint density at radius 3 is 2.64 bits per heavy atom. The van der Waals surface area contributed by atoms with E-state index >= 15 is 0 Å². The van der Waals surface area contributed by atoms with Gasteiger partial charge in [0.2, 0.25) is 0 Å². The first kappa shape index (κ1) is 16.7. The minimum atomic E-state index is -3.89. The molecule has 0 saturated carbocycles. The third-order valence-corrected chi connectivity index (χ3v) is 4.83. The molecule has 0 radical (unpaired) electrons. The van der Waals surface area contributed by atoms with Crippen molar-refractivity contribution in [1.29, 1.82) is 0 Å². The van der Waals surface area contributed by atoms with E-state index in [1.54, 1.807) is 47.4 Å². The van der Waals surface area contributed by atoms with E-state index in [9.17, 15) is 13.2 Å². The van der Waals surface area contributed by atoms with Crippen molar-refractivity contribution >= 4 is 21.7 Å². The molecule has 0 amide bonds. The smallest absolute Gasteiger partial charge is 0.337 e. The summed E-state index contributed by atoms with van der Waals surface area (Å²) in [7, 11) is -2.65. The fourth-order valence-corrected chi connectivity index (χ4v) is 3.40. The highest BCUT2D eigenvalue weighted by molar-refractivity contribution is 7.92. The van der Waals surface area contributed by atoms with E-state index in [2.05, 4.69) is 14.6 Å². The second-order valence-corrected chi connectivity index (χ2v) is 6.78. The number of para-hydroxylation sites is 2.